The average Bonchev–Trinajstić information content (AvgIpc) is 2.37. The monoisotopic (exact) mass is 239 g/mol. The molecule has 18 heavy (non-hydrogen) atoms. The average molecular weight is 239 g/mol. The van der Waals surface area contributed by atoms with Crippen LogP contribution in [0.2, 0.25) is 0 Å². The van der Waals surface area contributed by atoms with Gasteiger partial charge in [-0.15, -0.1) is 0 Å². The Balaban J connectivity index is 3.20. The lowest BCUT2D eigenvalue weighted by Crippen LogP contribution is -2.01. The van der Waals surface area contributed by atoms with Crippen molar-refractivity contribution in [2.75, 3.05) is 6.61 Å². The summed E-state index contributed by atoms with van der Waals surface area (Å²) in [6.07, 6.45) is 0.343. The number of benzene rings is 1. The van der Waals surface area contributed by atoms with Crippen molar-refractivity contribution >= 4 is 0 Å². The van der Waals surface area contributed by atoms with E-state index in [0.717, 1.165) is 11.1 Å². The number of ether oxygens (including phenoxy) is 1. The van der Waals surface area contributed by atoms with Gasteiger partial charge in [0.1, 0.15) is 11.8 Å². The molecule has 1 rings (SSSR count). The Morgan fingerprint density at radius 1 is 1.22 bits per heavy atom. The highest BCUT2D eigenvalue weighted by Crippen LogP contribution is 2.29. The third kappa shape index (κ3) is 3.00. The normalized spacial score (nSPS) is 10.8. The molecule has 0 saturated carbocycles. The van der Waals surface area contributed by atoms with Crippen molar-refractivity contribution in [3.8, 4) is 24.0 Å². The lowest BCUT2D eigenvalue weighted by molar-refractivity contribution is 0.365. The van der Waals surface area contributed by atoms with Gasteiger partial charge in [0.25, 0.3) is 0 Å². The van der Waals surface area contributed by atoms with E-state index in [2.05, 4.69) is 12.1 Å². The van der Waals surface area contributed by atoms with Gasteiger partial charge >= 0.3 is 0 Å². The Kier molecular flexibility index (Phi) is 4.73. The van der Waals surface area contributed by atoms with Crippen LogP contribution in [0.15, 0.2) is 12.1 Å². The highest BCUT2D eigenvalue weighted by atomic mass is 16.5. The predicted molar refractivity (Wildman–Crippen MR) is 65.6 cm³/mol. The van der Waals surface area contributed by atoms with Crippen molar-refractivity contribution in [2.24, 2.45) is 0 Å². The second-order valence-electron chi connectivity index (χ2n) is 4.03. The fourth-order valence-electron chi connectivity index (χ4n) is 1.72. The van der Waals surface area contributed by atoms with Gasteiger partial charge < -0.3 is 4.74 Å². The number of nitriles is 3. The highest BCUT2D eigenvalue weighted by molar-refractivity contribution is 5.49. The van der Waals surface area contributed by atoms with Crippen molar-refractivity contribution in [2.45, 2.75) is 26.2 Å². The maximum Gasteiger partial charge on any atom is 0.174 e. The first kappa shape index (κ1) is 13.6. The quantitative estimate of drug-likeness (QED) is 0.809. The third-order valence-corrected chi connectivity index (χ3v) is 2.69. The minimum absolute atomic E-state index is 0.0290. The summed E-state index contributed by atoms with van der Waals surface area (Å²) in [4.78, 5) is 0. The minimum Gasteiger partial charge on any atom is -0.478 e. The summed E-state index contributed by atoms with van der Waals surface area (Å²) < 4.78 is 5.30. The molecule has 1 atom stereocenters. The van der Waals surface area contributed by atoms with E-state index < -0.39 is 0 Å². The fourth-order valence-corrected chi connectivity index (χ4v) is 1.72. The van der Waals surface area contributed by atoms with Gasteiger partial charge in [0, 0.05) is 6.42 Å². The van der Waals surface area contributed by atoms with Crippen LogP contribution >= 0.6 is 0 Å². The maximum atomic E-state index is 9.10. The first-order valence-corrected chi connectivity index (χ1v) is 5.55. The van der Waals surface area contributed by atoms with Crippen LogP contribution < -0.4 is 4.74 Å². The zero-order valence-electron chi connectivity index (χ0n) is 10.4. The Bertz CT molecular complexity index is 558. The van der Waals surface area contributed by atoms with Crippen LogP contribution in [-0.2, 0) is 0 Å². The SMILES string of the molecule is Cc1cc(C#N)c(C(C)CC#N)cc1OCC#N. The van der Waals surface area contributed by atoms with E-state index >= 15 is 0 Å². The van der Waals surface area contributed by atoms with Gasteiger partial charge in [0.15, 0.2) is 6.61 Å². The van der Waals surface area contributed by atoms with Crippen LogP contribution in [0.3, 0.4) is 0 Å². The molecule has 1 aromatic rings. The van der Waals surface area contributed by atoms with E-state index in [9.17, 15) is 0 Å². The first-order valence-electron chi connectivity index (χ1n) is 5.55. The molecule has 90 valence electrons. The zero-order valence-corrected chi connectivity index (χ0v) is 10.4. The maximum absolute atomic E-state index is 9.10. The van der Waals surface area contributed by atoms with E-state index in [1.807, 2.05) is 19.9 Å². The van der Waals surface area contributed by atoms with E-state index in [4.69, 9.17) is 20.5 Å². The number of nitrogens with zero attached hydrogens (tertiary/aromatic N) is 3. The molecule has 0 radical (unpaired) electrons. The Morgan fingerprint density at radius 3 is 2.50 bits per heavy atom. The van der Waals surface area contributed by atoms with Crippen molar-refractivity contribution in [1.82, 2.24) is 0 Å². The second kappa shape index (κ2) is 6.28. The van der Waals surface area contributed by atoms with E-state index in [-0.39, 0.29) is 12.5 Å². The molecule has 0 aliphatic heterocycles. The van der Waals surface area contributed by atoms with Crippen molar-refractivity contribution in [1.29, 1.82) is 15.8 Å². The Labute approximate surface area is 107 Å². The molecule has 1 aromatic carbocycles. The van der Waals surface area contributed by atoms with Crippen LogP contribution in [-0.4, -0.2) is 6.61 Å². The molecule has 0 aromatic heterocycles. The van der Waals surface area contributed by atoms with Gasteiger partial charge in [-0.2, -0.15) is 15.8 Å². The van der Waals surface area contributed by atoms with E-state index in [0.29, 0.717) is 17.7 Å². The first-order chi connectivity index (χ1) is 8.63. The predicted octanol–water partition coefficient (Wildman–Crippen LogP) is 2.79. The summed E-state index contributed by atoms with van der Waals surface area (Å²) in [6.45, 7) is 3.69. The molecule has 4 heteroatoms. The highest BCUT2D eigenvalue weighted by Gasteiger charge is 2.14. The summed E-state index contributed by atoms with van der Waals surface area (Å²) in [5.74, 6) is 0.560. The van der Waals surface area contributed by atoms with E-state index in [1.165, 1.54) is 0 Å². The molecule has 0 aliphatic rings. The van der Waals surface area contributed by atoms with Crippen LogP contribution in [0, 0.1) is 40.9 Å². The third-order valence-electron chi connectivity index (χ3n) is 2.69. The van der Waals surface area contributed by atoms with Crippen LogP contribution in [0.4, 0.5) is 0 Å². The number of aryl methyl sites for hydroxylation is 1. The standard InChI is InChI=1S/C14H13N3O/c1-10(3-4-15)13-8-14(18-6-5-16)11(2)7-12(13)9-17/h7-8,10H,3,6H2,1-2H3. The Morgan fingerprint density at radius 2 is 1.94 bits per heavy atom. The van der Waals surface area contributed by atoms with Crippen LogP contribution in [0.5, 0.6) is 5.75 Å². The summed E-state index contributed by atoms with van der Waals surface area (Å²) >= 11 is 0. The van der Waals surface area contributed by atoms with Gasteiger partial charge in [-0.05, 0) is 36.1 Å². The molecule has 0 N–H and O–H groups in total. The fraction of sp³-hybridized carbons (Fsp3) is 0.357. The molecular formula is C14H13N3O. The summed E-state index contributed by atoms with van der Waals surface area (Å²) in [7, 11) is 0. The Hall–Kier alpha value is -2.51. The molecule has 0 saturated heterocycles. The zero-order chi connectivity index (χ0) is 13.5. The van der Waals surface area contributed by atoms with Gasteiger partial charge in [0.2, 0.25) is 0 Å². The van der Waals surface area contributed by atoms with E-state index in [1.54, 1.807) is 12.1 Å². The van der Waals surface area contributed by atoms with Crippen LogP contribution in [0.1, 0.15) is 36.0 Å². The molecule has 0 heterocycles. The topological polar surface area (TPSA) is 80.6 Å². The summed E-state index contributed by atoms with van der Waals surface area (Å²) in [5.41, 5.74) is 2.16. The lowest BCUT2D eigenvalue weighted by atomic mass is 9.92. The molecule has 1 unspecified atom stereocenters. The molecule has 0 spiro atoms. The number of rotatable bonds is 4. The van der Waals surface area contributed by atoms with Crippen molar-refractivity contribution < 1.29 is 4.74 Å². The molecule has 0 fully saturated rings. The molecular weight excluding hydrogens is 226 g/mol. The lowest BCUT2D eigenvalue weighted by Gasteiger charge is -2.14. The van der Waals surface area contributed by atoms with Gasteiger partial charge in [-0.1, -0.05) is 6.92 Å². The molecule has 0 bridgehead atoms. The minimum atomic E-state index is -0.0327. The van der Waals surface area contributed by atoms with Crippen molar-refractivity contribution in [3.63, 3.8) is 0 Å². The van der Waals surface area contributed by atoms with Crippen LogP contribution in [0.25, 0.3) is 0 Å². The summed E-state index contributed by atoms with van der Waals surface area (Å²) in [5, 5.41) is 26.3. The molecule has 0 aliphatic carbocycles. The molecule has 4 nitrogen and oxygen atoms in total. The smallest absolute Gasteiger partial charge is 0.174 e. The summed E-state index contributed by atoms with van der Waals surface area (Å²) in [6, 6.07) is 9.62. The van der Waals surface area contributed by atoms with Gasteiger partial charge in [-0.3, -0.25) is 0 Å². The molecule has 0 amide bonds. The largest absolute Gasteiger partial charge is 0.478 e. The number of hydrogen-bond donors (Lipinski definition) is 0. The second-order valence-corrected chi connectivity index (χ2v) is 4.03. The van der Waals surface area contributed by atoms with Crippen molar-refractivity contribution in [3.05, 3.63) is 28.8 Å². The van der Waals surface area contributed by atoms with Gasteiger partial charge in [-0.25, -0.2) is 0 Å². The number of hydrogen-bond acceptors (Lipinski definition) is 4. The van der Waals surface area contributed by atoms with Gasteiger partial charge in [0.05, 0.1) is 17.7 Å².